The van der Waals surface area contributed by atoms with E-state index in [1.165, 1.54) is 11.3 Å². The van der Waals surface area contributed by atoms with Gasteiger partial charge in [-0.05, 0) is 41.3 Å². The predicted octanol–water partition coefficient (Wildman–Crippen LogP) is 4.99. The van der Waals surface area contributed by atoms with Crippen LogP contribution >= 0.6 is 11.6 Å². The topological polar surface area (TPSA) is 35.6 Å². The smallest absolute Gasteiger partial charge is 0.321 e. The third kappa shape index (κ3) is 4.50. The van der Waals surface area contributed by atoms with Gasteiger partial charge in [0.25, 0.3) is 0 Å². The largest absolute Gasteiger partial charge is 0.368 e. The van der Waals surface area contributed by atoms with E-state index in [1.807, 2.05) is 17.0 Å². The molecule has 0 aliphatic carbocycles. The number of hydrogen-bond acceptors (Lipinski definition) is 2. The van der Waals surface area contributed by atoms with Crippen molar-refractivity contribution >= 4 is 29.0 Å². The van der Waals surface area contributed by atoms with Crippen LogP contribution in [-0.2, 0) is 5.41 Å². The number of urea groups is 1. The molecule has 1 saturated heterocycles. The Hall–Kier alpha value is -2.20. The summed E-state index contributed by atoms with van der Waals surface area (Å²) in [6, 6.07) is 15.9. The van der Waals surface area contributed by atoms with Gasteiger partial charge >= 0.3 is 6.03 Å². The highest BCUT2D eigenvalue weighted by atomic mass is 35.5. The molecule has 1 N–H and O–H groups in total. The molecule has 26 heavy (non-hydrogen) atoms. The van der Waals surface area contributed by atoms with E-state index in [0.29, 0.717) is 18.1 Å². The first-order chi connectivity index (χ1) is 12.3. The maximum Gasteiger partial charge on any atom is 0.321 e. The van der Waals surface area contributed by atoms with E-state index in [9.17, 15) is 4.79 Å². The van der Waals surface area contributed by atoms with Crippen LogP contribution < -0.4 is 10.2 Å². The zero-order chi connectivity index (χ0) is 18.7. The highest BCUT2D eigenvalue weighted by Gasteiger charge is 2.22. The van der Waals surface area contributed by atoms with Crippen molar-refractivity contribution in [3.8, 4) is 0 Å². The molecule has 1 fully saturated rings. The molecule has 0 aromatic heterocycles. The molecule has 3 rings (SSSR count). The van der Waals surface area contributed by atoms with Gasteiger partial charge in [-0.25, -0.2) is 4.79 Å². The van der Waals surface area contributed by atoms with Crippen LogP contribution in [0.25, 0.3) is 0 Å². The molecular weight excluding hydrogens is 346 g/mol. The van der Waals surface area contributed by atoms with Crippen LogP contribution in [0.2, 0.25) is 5.02 Å². The highest BCUT2D eigenvalue weighted by Crippen LogP contribution is 2.25. The molecule has 0 spiro atoms. The van der Waals surface area contributed by atoms with Gasteiger partial charge in [-0.2, -0.15) is 0 Å². The quantitative estimate of drug-likeness (QED) is 0.807. The van der Waals surface area contributed by atoms with Gasteiger partial charge in [-0.3, -0.25) is 0 Å². The van der Waals surface area contributed by atoms with Gasteiger partial charge in [-0.15, -0.1) is 0 Å². The summed E-state index contributed by atoms with van der Waals surface area (Å²) in [4.78, 5) is 16.6. The number of carbonyl (C=O) groups is 1. The lowest BCUT2D eigenvalue weighted by Crippen LogP contribution is -2.50. The summed E-state index contributed by atoms with van der Waals surface area (Å²) in [5.41, 5.74) is 3.44. The van der Waals surface area contributed by atoms with Crippen molar-refractivity contribution in [2.24, 2.45) is 0 Å². The predicted molar refractivity (Wildman–Crippen MR) is 109 cm³/mol. The molecule has 2 aromatic rings. The number of rotatable bonds is 2. The van der Waals surface area contributed by atoms with E-state index >= 15 is 0 Å². The van der Waals surface area contributed by atoms with Crippen molar-refractivity contribution in [3.05, 3.63) is 59.1 Å². The number of hydrogen-bond donors (Lipinski definition) is 1. The Balaban J connectivity index is 1.56. The summed E-state index contributed by atoms with van der Waals surface area (Å²) in [6.07, 6.45) is 0. The zero-order valence-electron chi connectivity index (χ0n) is 15.6. The molecule has 1 aliphatic heterocycles. The zero-order valence-corrected chi connectivity index (χ0v) is 16.4. The van der Waals surface area contributed by atoms with E-state index < -0.39 is 0 Å². The van der Waals surface area contributed by atoms with E-state index in [4.69, 9.17) is 11.6 Å². The van der Waals surface area contributed by atoms with Crippen molar-refractivity contribution in [2.45, 2.75) is 26.2 Å². The van der Waals surface area contributed by atoms with Gasteiger partial charge in [0.15, 0.2) is 0 Å². The van der Waals surface area contributed by atoms with Gasteiger partial charge in [0, 0.05) is 42.6 Å². The number of piperazine rings is 1. The Bertz CT molecular complexity index is 760. The minimum Gasteiger partial charge on any atom is -0.368 e. The molecule has 0 radical (unpaired) electrons. The molecule has 5 heteroatoms. The number of carbonyl (C=O) groups excluding carboxylic acids is 1. The SMILES string of the molecule is CC(C)(C)c1ccc(N2CCN(C(=O)Nc3cccc(Cl)c3)CC2)cc1. The normalized spacial score (nSPS) is 15.1. The fourth-order valence-electron chi connectivity index (χ4n) is 3.11. The lowest BCUT2D eigenvalue weighted by atomic mass is 9.87. The Kier molecular flexibility index (Phi) is 5.42. The molecule has 0 unspecified atom stereocenters. The van der Waals surface area contributed by atoms with Gasteiger partial charge in [0.05, 0.1) is 0 Å². The van der Waals surface area contributed by atoms with Crippen LogP contribution in [0.5, 0.6) is 0 Å². The number of halogens is 1. The number of nitrogens with zero attached hydrogens (tertiary/aromatic N) is 2. The van der Waals surface area contributed by atoms with E-state index in [-0.39, 0.29) is 11.4 Å². The van der Waals surface area contributed by atoms with Gasteiger partial charge in [0.1, 0.15) is 0 Å². The molecule has 0 saturated carbocycles. The van der Waals surface area contributed by atoms with Crippen molar-refractivity contribution in [1.82, 2.24) is 4.90 Å². The second-order valence-corrected chi connectivity index (χ2v) is 8.15. The van der Waals surface area contributed by atoms with Crippen molar-refractivity contribution in [2.75, 3.05) is 36.4 Å². The molecule has 1 heterocycles. The molecule has 1 aliphatic rings. The number of benzene rings is 2. The standard InChI is InChI=1S/C21H26ClN3O/c1-21(2,3)16-7-9-19(10-8-16)24-11-13-25(14-12-24)20(26)23-18-6-4-5-17(22)15-18/h4-10,15H,11-14H2,1-3H3,(H,23,26). The molecule has 2 amide bonds. The van der Waals surface area contributed by atoms with Gasteiger partial charge in [0.2, 0.25) is 0 Å². The van der Waals surface area contributed by atoms with Gasteiger partial charge < -0.3 is 15.1 Å². The molecule has 0 bridgehead atoms. The van der Waals surface area contributed by atoms with Crippen molar-refractivity contribution in [3.63, 3.8) is 0 Å². The maximum atomic E-state index is 12.4. The molecule has 4 nitrogen and oxygen atoms in total. The van der Waals surface area contributed by atoms with Crippen molar-refractivity contribution in [1.29, 1.82) is 0 Å². The molecule has 2 aromatic carbocycles. The Labute approximate surface area is 160 Å². The first-order valence-electron chi connectivity index (χ1n) is 9.00. The van der Waals surface area contributed by atoms with Crippen LogP contribution in [0, 0.1) is 0 Å². The van der Waals surface area contributed by atoms with Crippen LogP contribution in [0.15, 0.2) is 48.5 Å². The minimum absolute atomic E-state index is 0.0741. The van der Waals surface area contributed by atoms with Crippen LogP contribution in [-0.4, -0.2) is 37.1 Å². The minimum atomic E-state index is -0.0741. The number of amides is 2. The maximum absolute atomic E-state index is 12.4. The van der Waals surface area contributed by atoms with Crippen molar-refractivity contribution < 1.29 is 4.79 Å². The average Bonchev–Trinajstić information content (AvgIpc) is 2.61. The summed E-state index contributed by atoms with van der Waals surface area (Å²) in [7, 11) is 0. The second kappa shape index (κ2) is 7.58. The molecule has 0 atom stereocenters. The summed E-state index contributed by atoms with van der Waals surface area (Å²) in [5.74, 6) is 0. The van der Waals surface area contributed by atoms with Crippen LogP contribution in [0.1, 0.15) is 26.3 Å². The third-order valence-electron chi connectivity index (χ3n) is 4.74. The third-order valence-corrected chi connectivity index (χ3v) is 4.98. The van der Waals surface area contributed by atoms with Crippen LogP contribution in [0.3, 0.4) is 0 Å². The first kappa shape index (κ1) is 18.6. The Morgan fingerprint density at radius 2 is 1.65 bits per heavy atom. The summed E-state index contributed by atoms with van der Waals surface area (Å²) in [5, 5.41) is 3.53. The number of nitrogens with one attached hydrogen (secondary N) is 1. The summed E-state index contributed by atoms with van der Waals surface area (Å²) in [6.45, 7) is 9.73. The summed E-state index contributed by atoms with van der Waals surface area (Å²) < 4.78 is 0. The monoisotopic (exact) mass is 371 g/mol. The van der Waals surface area contributed by atoms with Gasteiger partial charge in [-0.1, -0.05) is 50.6 Å². The van der Waals surface area contributed by atoms with E-state index in [1.54, 1.807) is 12.1 Å². The molecular formula is C21H26ClN3O. The Morgan fingerprint density at radius 1 is 1.00 bits per heavy atom. The van der Waals surface area contributed by atoms with E-state index in [2.05, 4.69) is 55.3 Å². The average molecular weight is 372 g/mol. The summed E-state index contributed by atoms with van der Waals surface area (Å²) >= 11 is 5.97. The number of anilines is 2. The highest BCUT2D eigenvalue weighted by molar-refractivity contribution is 6.30. The first-order valence-corrected chi connectivity index (χ1v) is 9.38. The second-order valence-electron chi connectivity index (χ2n) is 7.71. The Morgan fingerprint density at radius 3 is 2.23 bits per heavy atom. The van der Waals surface area contributed by atoms with E-state index in [0.717, 1.165) is 18.8 Å². The molecule has 138 valence electrons. The fourth-order valence-corrected chi connectivity index (χ4v) is 3.30. The lowest BCUT2D eigenvalue weighted by molar-refractivity contribution is 0.208. The fraction of sp³-hybridized carbons (Fsp3) is 0.381. The lowest BCUT2D eigenvalue weighted by Gasteiger charge is -2.36. The van der Waals surface area contributed by atoms with Crippen LogP contribution in [0.4, 0.5) is 16.2 Å².